The van der Waals surface area contributed by atoms with Crippen molar-refractivity contribution in [1.82, 2.24) is 4.90 Å². The van der Waals surface area contributed by atoms with Crippen molar-refractivity contribution in [2.75, 3.05) is 17.2 Å². The van der Waals surface area contributed by atoms with Gasteiger partial charge in [0, 0.05) is 22.8 Å². The van der Waals surface area contributed by atoms with Crippen LogP contribution in [0.3, 0.4) is 0 Å². The van der Waals surface area contributed by atoms with E-state index in [1.54, 1.807) is 12.1 Å². The van der Waals surface area contributed by atoms with Crippen LogP contribution in [-0.4, -0.2) is 27.6 Å². The molecular weight excluding hydrogens is 462 g/mol. The molecule has 0 radical (unpaired) electrons. The summed E-state index contributed by atoms with van der Waals surface area (Å²) in [5, 5.41) is 26.4. The third kappa shape index (κ3) is 4.22. The van der Waals surface area contributed by atoms with Crippen LogP contribution in [-0.2, 0) is 11.3 Å². The third-order valence-electron chi connectivity index (χ3n) is 5.97. The smallest absolute Gasteiger partial charge is 0.317 e. The number of hydrogen-bond donors (Lipinski definition) is 4. The molecule has 10 heteroatoms. The number of carboxylic acid groups (broad SMARTS) is 1. The standard InChI is InChI=1S/C24H26ClN3O6/c1-11-5-8-15(34-11)22(24(2,3)4)27-19-18(20(31)21(19)32)26-14-7-6-13(25)12-9-28(10-16(29)30)23(33)17(12)14/h5-8,22-23,26-27,33H,9-10H2,1-4H3,(H,29,30)/t22-,23?/m0/s1. The van der Waals surface area contributed by atoms with Crippen molar-refractivity contribution in [3.05, 3.63) is 72.4 Å². The van der Waals surface area contributed by atoms with Gasteiger partial charge in [-0.25, -0.2) is 0 Å². The van der Waals surface area contributed by atoms with Crippen molar-refractivity contribution in [3.8, 4) is 0 Å². The summed E-state index contributed by atoms with van der Waals surface area (Å²) in [7, 11) is 0. The highest BCUT2D eigenvalue weighted by molar-refractivity contribution is 6.31. The Morgan fingerprint density at radius 3 is 2.47 bits per heavy atom. The fourth-order valence-electron chi connectivity index (χ4n) is 4.24. The topological polar surface area (TPSA) is 132 Å². The van der Waals surface area contributed by atoms with E-state index in [0.717, 1.165) is 5.76 Å². The van der Waals surface area contributed by atoms with Gasteiger partial charge < -0.3 is 25.3 Å². The first kappa shape index (κ1) is 24.0. The number of nitrogens with one attached hydrogen (secondary N) is 2. The van der Waals surface area contributed by atoms with Gasteiger partial charge in [-0.1, -0.05) is 32.4 Å². The normalized spacial score (nSPS) is 17.1. The van der Waals surface area contributed by atoms with E-state index in [-0.39, 0.29) is 29.9 Å². The van der Waals surface area contributed by atoms with Crippen LogP contribution in [0.15, 0.2) is 38.3 Å². The summed E-state index contributed by atoms with van der Waals surface area (Å²) in [4.78, 5) is 37.5. The number of anilines is 3. The molecule has 2 atom stereocenters. The fourth-order valence-corrected chi connectivity index (χ4v) is 4.47. The van der Waals surface area contributed by atoms with E-state index in [4.69, 9.17) is 21.1 Å². The monoisotopic (exact) mass is 487 g/mol. The lowest BCUT2D eigenvalue weighted by atomic mass is 9.85. The van der Waals surface area contributed by atoms with Gasteiger partial charge in [0.25, 0.3) is 10.9 Å². The average molecular weight is 488 g/mol. The van der Waals surface area contributed by atoms with E-state index in [1.807, 2.05) is 39.8 Å². The molecule has 4 N–H and O–H groups in total. The van der Waals surface area contributed by atoms with Gasteiger partial charge in [0.05, 0.1) is 12.6 Å². The average Bonchev–Trinajstić information content (AvgIpc) is 3.31. The Morgan fingerprint density at radius 1 is 1.21 bits per heavy atom. The largest absolute Gasteiger partial charge is 0.480 e. The Kier molecular flexibility index (Phi) is 6.05. The zero-order valence-electron chi connectivity index (χ0n) is 19.2. The zero-order chi connectivity index (χ0) is 24.9. The Morgan fingerprint density at radius 2 is 1.88 bits per heavy atom. The van der Waals surface area contributed by atoms with Crippen LogP contribution in [0.1, 0.15) is 55.7 Å². The Labute approximate surface area is 200 Å². The molecule has 0 bridgehead atoms. The van der Waals surface area contributed by atoms with Gasteiger partial charge in [0.2, 0.25) is 0 Å². The third-order valence-corrected chi connectivity index (χ3v) is 6.33. The second-order valence-corrected chi connectivity index (χ2v) is 9.99. The van der Waals surface area contributed by atoms with E-state index < -0.39 is 29.1 Å². The van der Waals surface area contributed by atoms with Gasteiger partial charge in [0.15, 0.2) is 0 Å². The number of halogens is 1. The minimum Gasteiger partial charge on any atom is -0.480 e. The van der Waals surface area contributed by atoms with E-state index in [0.29, 0.717) is 27.6 Å². The summed E-state index contributed by atoms with van der Waals surface area (Å²) >= 11 is 6.29. The molecule has 9 nitrogen and oxygen atoms in total. The highest BCUT2D eigenvalue weighted by atomic mass is 35.5. The molecular formula is C24H26ClN3O6. The number of furan rings is 1. The maximum absolute atomic E-state index is 12.5. The first-order valence-electron chi connectivity index (χ1n) is 10.8. The Balaban J connectivity index is 1.68. The number of aliphatic hydroxyl groups excluding tert-OH is 1. The van der Waals surface area contributed by atoms with Crippen LogP contribution in [0.2, 0.25) is 5.02 Å². The zero-order valence-corrected chi connectivity index (χ0v) is 20.0. The number of carboxylic acids is 1. The van der Waals surface area contributed by atoms with E-state index in [2.05, 4.69) is 10.6 Å². The number of aliphatic carboxylic acids is 1. The molecule has 1 aliphatic heterocycles. The lowest BCUT2D eigenvalue weighted by Crippen LogP contribution is -2.39. The first-order chi connectivity index (χ1) is 15.9. The summed E-state index contributed by atoms with van der Waals surface area (Å²) in [6, 6.07) is 6.46. The number of aryl methyl sites for hydroxylation is 1. The molecule has 1 aromatic heterocycles. The van der Waals surface area contributed by atoms with Crippen LogP contribution < -0.4 is 21.5 Å². The molecule has 0 aliphatic carbocycles. The molecule has 1 aliphatic rings. The maximum Gasteiger partial charge on any atom is 0.317 e. The van der Waals surface area contributed by atoms with Gasteiger partial charge in [-0.3, -0.25) is 19.3 Å². The summed E-state index contributed by atoms with van der Waals surface area (Å²) in [6.45, 7) is 7.54. The van der Waals surface area contributed by atoms with Crippen LogP contribution in [0.4, 0.5) is 17.1 Å². The van der Waals surface area contributed by atoms with E-state index in [9.17, 15) is 19.5 Å². The quantitative estimate of drug-likeness (QED) is 0.368. The molecule has 0 amide bonds. The number of carbonyl (C=O) groups is 1. The van der Waals surface area contributed by atoms with Gasteiger partial charge >= 0.3 is 5.97 Å². The Bertz CT molecular complexity index is 1330. The predicted molar refractivity (Wildman–Crippen MR) is 128 cm³/mol. The summed E-state index contributed by atoms with van der Waals surface area (Å²) < 4.78 is 5.79. The lowest BCUT2D eigenvalue weighted by molar-refractivity contribution is -0.141. The fraction of sp³-hybridized carbons (Fsp3) is 0.375. The number of rotatable bonds is 7. The Hall–Kier alpha value is -3.14. The first-order valence-corrected chi connectivity index (χ1v) is 11.1. The molecule has 2 heterocycles. The molecule has 0 fully saturated rings. The van der Waals surface area contributed by atoms with Crippen molar-refractivity contribution < 1.29 is 19.4 Å². The SMILES string of the molecule is Cc1ccc([C@H](Nc2c(Nc3ccc(Cl)c4c3C(O)N(CC(=O)O)C4)c(=O)c2=O)C(C)(C)C)o1. The number of fused-ring (bicyclic) bond motifs is 1. The number of aliphatic hydroxyl groups is 1. The molecule has 3 aromatic rings. The van der Waals surface area contributed by atoms with Crippen LogP contribution in [0.5, 0.6) is 0 Å². The van der Waals surface area contributed by atoms with Crippen LogP contribution in [0, 0.1) is 12.3 Å². The molecule has 0 saturated carbocycles. The van der Waals surface area contributed by atoms with E-state index in [1.165, 1.54) is 4.90 Å². The number of nitrogens with zero attached hydrogens (tertiary/aromatic N) is 1. The number of benzene rings is 1. The second-order valence-electron chi connectivity index (χ2n) is 9.58. The predicted octanol–water partition coefficient (Wildman–Crippen LogP) is 3.67. The van der Waals surface area contributed by atoms with Crippen LogP contribution >= 0.6 is 11.6 Å². The van der Waals surface area contributed by atoms with Crippen LogP contribution in [0.25, 0.3) is 0 Å². The number of hydrogen-bond acceptors (Lipinski definition) is 8. The minimum absolute atomic E-state index is 0.0657. The van der Waals surface area contributed by atoms with Gasteiger partial charge in [-0.2, -0.15) is 0 Å². The van der Waals surface area contributed by atoms with Crippen molar-refractivity contribution in [2.24, 2.45) is 5.41 Å². The summed E-state index contributed by atoms with van der Waals surface area (Å²) in [5.41, 5.74) is -0.197. The molecule has 4 rings (SSSR count). The van der Waals surface area contributed by atoms with E-state index >= 15 is 0 Å². The summed E-state index contributed by atoms with van der Waals surface area (Å²) in [6.07, 6.45) is -1.23. The maximum atomic E-state index is 12.5. The van der Waals surface area contributed by atoms with Gasteiger partial charge in [-0.05, 0) is 42.2 Å². The lowest BCUT2D eigenvalue weighted by Gasteiger charge is -2.32. The van der Waals surface area contributed by atoms with Gasteiger partial charge in [-0.15, -0.1) is 0 Å². The molecule has 180 valence electrons. The van der Waals surface area contributed by atoms with Crippen molar-refractivity contribution >= 4 is 34.6 Å². The molecule has 0 spiro atoms. The highest BCUT2D eigenvalue weighted by Gasteiger charge is 2.36. The summed E-state index contributed by atoms with van der Waals surface area (Å²) in [5.74, 6) is 0.273. The molecule has 2 aromatic carbocycles. The van der Waals surface area contributed by atoms with Crippen molar-refractivity contribution in [2.45, 2.75) is 46.5 Å². The van der Waals surface area contributed by atoms with Crippen molar-refractivity contribution in [1.29, 1.82) is 0 Å². The van der Waals surface area contributed by atoms with Crippen molar-refractivity contribution in [3.63, 3.8) is 0 Å². The molecule has 0 saturated heterocycles. The minimum atomic E-state index is -1.23. The van der Waals surface area contributed by atoms with Gasteiger partial charge in [0.1, 0.15) is 29.1 Å². The second kappa shape index (κ2) is 8.57. The molecule has 34 heavy (non-hydrogen) atoms. The highest BCUT2D eigenvalue weighted by Crippen LogP contribution is 2.42. The molecule has 1 unspecified atom stereocenters.